The number of hydrogen-bond acceptors (Lipinski definition) is 3. The largest absolute Gasteiger partial charge is 0.393 e. The summed E-state index contributed by atoms with van der Waals surface area (Å²) in [5.74, 6) is 0.226. The van der Waals surface area contributed by atoms with Gasteiger partial charge in [0.1, 0.15) is 0 Å². The van der Waals surface area contributed by atoms with Crippen molar-refractivity contribution < 1.29 is 14.6 Å². The van der Waals surface area contributed by atoms with E-state index in [9.17, 15) is 9.90 Å². The number of carbonyl (C=O) groups excluding carboxylic acids is 1. The third kappa shape index (κ3) is 4.74. The van der Waals surface area contributed by atoms with Crippen molar-refractivity contribution in [2.24, 2.45) is 0 Å². The molecule has 0 aromatic heterocycles. The van der Waals surface area contributed by atoms with Crippen LogP contribution in [-0.4, -0.2) is 47.3 Å². The fourth-order valence-corrected chi connectivity index (χ4v) is 3.42. The van der Waals surface area contributed by atoms with Gasteiger partial charge in [-0.2, -0.15) is 0 Å². The minimum absolute atomic E-state index is 0.117. The number of likely N-dealkylation sites (tertiary alicyclic amines) is 1. The summed E-state index contributed by atoms with van der Waals surface area (Å²) in [6, 6.07) is 0.216. The third-order valence-corrected chi connectivity index (χ3v) is 4.49. The van der Waals surface area contributed by atoms with E-state index in [1.165, 1.54) is 19.3 Å². The summed E-state index contributed by atoms with van der Waals surface area (Å²) in [5.41, 5.74) is 0. The topological polar surface area (TPSA) is 49.8 Å². The van der Waals surface area contributed by atoms with Crippen molar-refractivity contribution in [3.8, 4) is 0 Å². The molecular weight excluding hydrogens is 254 g/mol. The summed E-state index contributed by atoms with van der Waals surface area (Å²) in [7, 11) is 0. The average molecular weight is 283 g/mol. The van der Waals surface area contributed by atoms with Gasteiger partial charge in [-0.25, -0.2) is 0 Å². The molecule has 1 amide bonds. The van der Waals surface area contributed by atoms with Gasteiger partial charge in [-0.15, -0.1) is 0 Å². The molecule has 2 aliphatic rings. The highest BCUT2D eigenvalue weighted by molar-refractivity contribution is 5.77. The fraction of sp³-hybridized carbons (Fsp3) is 0.938. The first kappa shape index (κ1) is 15.8. The monoisotopic (exact) mass is 283 g/mol. The van der Waals surface area contributed by atoms with Crippen LogP contribution >= 0.6 is 0 Å². The minimum Gasteiger partial charge on any atom is -0.393 e. The van der Waals surface area contributed by atoms with Crippen LogP contribution in [0.15, 0.2) is 0 Å². The maximum atomic E-state index is 12.6. The van der Waals surface area contributed by atoms with Gasteiger partial charge in [0.15, 0.2) is 0 Å². The van der Waals surface area contributed by atoms with Crippen LogP contribution in [0.1, 0.15) is 64.7 Å². The van der Waals surface area contributed by atoms with Crippen molar-refractivity contribution in [1.82, 2.24) is 4.90 Å². The van der Waals surface area contributed by atoms with E-state index < -0.39 is 0 Å². The second-order valence-corrected chi connectivity index (χ2v) is 6.37. The van der Waals surface area contributed by atoms with Crippen molar-refractivity contribution in [3.63, 3.8) is 0 Å². The molecule has 2 fully saturated rings. The molecule has 4 heteroatoms. The normalized spacial score (nSPS) is 29.8. The molecule has 2 saturated heterocycles. The molecule has 0 spiro atoms. The summed E-state index contributed by atoms with van der Waals surface area (Å²) >= 11 is 0. The van der Waals surface area contributed by atoms with Crippen LogP contribution in [0.5, 0.6) is 0 Å². The number of carbonyl (C=O) groups is 1. The maximum Gasteiger partial charge on any atom is 0.225 e. The molecule has 3 unspecified atom stereocenters. The molecular formula is C16H29NO3. The van der Waals surface area contributed by atoms with Crippen molar-refractivity contribution >= 4 is 5.91 Å². The van der Waals surface area contributed by atoms with Crippen molar-refractivity contribution in [1.29, 1.82) is 0 Å². The maximum absolute atomic E-state index is 12.6. The van der Waals surface area contributed by atoms with Gasteiger partial charge < -0.3 is 14.7 Å². The predicted octanol–water partition coefficient (Wildman–Crippen LogP) is 2.49. The van der Waals surface area contributed by atoms with Crippen molar-refractivity contribution in [2.75, 3.05) is 13.2 Å². The Balaban J connectivity index is 1.92. The molecule has 3 atom stereocenters. The smallest absolute Gasteiger partial charge is 0.225 e. The second kappa shape index (κ2) is 7.99. The van der Waals surface area contributed by atoms with Crippen LogP contribution in [0, 0.1) is 0 Å². The van der Waals surface area contributed by atoms with Gasteiger partial charge >= 0.3 is 0 Å². The molecule has 2 aliphatic heterocycles. The molecule has 116 valence electrons. The number of rotatable bonds is 4. The Morgan fingerprint density at radius 2 is 2.05 bits per heavy atom. The number of aliphatic hydroxyl groups is 1. The number of ether oxygens (including phenoxy) is 1. The summed E-state index contributed by atoms with van der Waals surface area (Å²) < 4.78 is 5.69. The highest BCUT2D eigenvalue weighted by atomic mass is 16.5. The lowest BCUT2D eigenvalue weighted by Gasteiger charge is -2.33. The highest BCUT2D eigenvalue weighted by Gasteiger charge is 2.28. The molecule has 2 rings (SSSR count). The van der Waals surface area contributed by atoms with Gasteiger partial charge in [0, 0.05) is 19.2 Å². The first-order chi connectivity index (χ1) is 9.66. The molecule has 0 bridgehead atoms. The van der Waals surface area contributed by atoms with E-state index in [-0.39, 0.29) is 24.2 Å². The van der Waals surface area contributed by atoms with Gasteiger partial charge in [0.05, 0.1) is 18.6 Å². The molecule has 0 saturated carbocycles. The van der Waals surface area contributed by atoms with Crippen LogP contribution in [0.2, 0.25) is 0 Å². The quantitative estimate of drug-likeness (QED) is 0.862. The number of aliphatic hydroxyl groups excluding tert-OH is 1. The lowest BCUT2D eigenvalue weighted by molar-refractivity contribution is -0.138. The Morgan fingerprint density at radius 1 is 1.25 bits per heavy atom. The van der Waals surface area contributed by atoms with Crippen molar-refractivity contribution in [3.05, 3.63) is 0 Å². The van der Waals surface area contributed by atoms with E-state index >= 15 is 0 Å². The summed E-state index contributed by atoms with van der Waals surface area (Å²) in [6.45, 7) is 3.47. The molecule has 4 nitrogen and oxygen atoms in total. The SMILES string of the molecule is CC(O)CC1CCCCCN1C(=O)CC1CCCCO1. The summed E-state index contributed by atoms with van der Waals surface area (Å²) in [5, 5.41) is 9.65. The van der Waals surface area contributed by atoms with Gasteiger partial charge in [-0.05, 0) is 45.4 Å². The Kier molecular flexibility index (Phi) is 6.30. The molecule has 1 N–H and O–H groups in total. The third-order valence-electron chi connectivity index (χ3n) is 4.49. The van der Waals surface area contributed by atoms with Gasteiger partial charge in [-0.3, -0.25) is 4.79 Å². The molecule has 0 aromatic rings. The number of amides is 1. The predicted molar refractivity (Wildman–Crippen MR) is 78.5 cm³/mol. The first-order valence-electron chi connectivity index (χ1n) is 8.26. The van der Waals surface area contributed by atoms with E-state index in [1.54, 1.807) is 0 Å². The van der Waals surface area contributed by atoms with Crippen LogP contribution in [0.3, 0.4) is 0 Å². The molecule has 20 heavy (non-hydrogen) atoms. The van der Waals surface area contributed by atoms with E-state index in [4.69, 9.17) is 4.74 Å². The lowest BCUT2D eigenvalue weighted by atomic mass is 10.0. The average Bonchev–Trinajstić information content (AvgIpc) is 2.64. The number of nitrogens with zero attached hydrogens (tertiary/aromatic N) is 1. The first-order valence-corrected chi connectivity index (χ1v) is 8.26. The fourth-order valence-electron chi connectivity index (χ4n) is 3.42. The van der Waals surface area contributed by atoms with Crippen LogP contribution in [-0.2, 0) is 9.53 Å². The zero-order chi connectivity index (χ0) is 14.4. The van der Waals surface area contributed by atoms with Gasteiger partial charge in [0.2, 0.25) is 5.91 Å². The molecule has 0 aromatic carbocycles. The van der Waals surface area contributed by atoms with Crippen molar-refractivity contribution in [2.45, 2.75) is 83.0 Å². The lowest BCUT2D eigenvalue weighted by Crippen LogP contribution is -2.43. The standard InChI is InChI=1S/C16H29NO3/c1-13(18)11-14-7-3-2-5-9-17(14)16(19)12-15-8-4-6-10-20-15/h13-15,18H,2-12H2,1H3. The summed E-state index contributed by atoms with van der Waals surface area (Å²) in [6.07, 6.45) is 8.81. The Labute approximate surface area is 122 Å². The highest BCUT2D eigenvalue weighted by Crippen LogP contribution is 2.23. The molecule has 2 heterocycles. The van der Waals surface area contributed by atoms with Gasteiger partial charge in [-0.1, -0.05) is 12.8 Å². The number of hydrogen-bond donors (Lipinski definition) is 1. The zero-order valence-electron chi connectivity index (χ0n) is 12.7. The van der Waals surface area contributed by atoms with Crippen LogP contribution < -0.4 is 0 Å². The second-order valence-electron chi connectivity index (χ2n) is 6.37. The van der Waals surface area contributed by atoms with Crippen LogP contribution in [0.4, 0.5) is 0 Å². The molecule has 0 aliphatic carbocycles. The summed E-state index contributed by atoms with van der Waals surface area (Å²) in [4.78, 5) is 14.6. The molecule has 0 radical (unpaired) electrons. The van der Waals surface area contributed by atoms with E-state index in [2.05, 4.69) is 0 Å². The Bertz CT molecular complexity index is 300. The minimum atomic E-state index is -0.334. The van der Waals surface area contributed by atoms with Gasteiger partial charge in [0.25, 0.3) is 0 Å². The van der Waals surface area contributed by atoms with Crippen LogP contribution in [0.25, 0.3) is 0 Å². The van der Waals surface area contributed by atoms with E-state index in [0.717, 1.165) is 38.8 Å². The Hall–Kier alpha value is -0.610. The van der Waals surface area contributed by atoms with E-state index in [0.29, 0.717) is 12.8 Å². The zero-order valence-corrected chi connectivity index (χ0v) is 12.7. The van der Waals surface area contributed by atoms with E-state index in [1.807, 2.05) is 11.8 Å². The Morgan fingerprint density at radius 3 is 2.75 bits per heavy atom.